The molecule has 0 atom stereocenters. The van der Waals surface area contributed by atoms with E-state index in [1.54, 1.807) is 0 Å². The fraction of sp³-hybridized carbons (Fsp3) is 0.727. The van der Waals surface area contributed by atoms with E-state index in [-0.39, 0.29) is 12.4 Å². The second-order valence-corrected chi connectivity index (χ2v) is 3.55. The van der Waals surface area contributed by atoms with Crippen molar-refractivity contribution in [3.8, 4) is 0 Å². The van der Waals surface area contributed by atoms with Crippen LogP contribution >= 0.6 is 12.4 Å². The molecule has 1 aromatic heterocycles. The summed E-state index contributed by atoms with van der Waals surface area (Å²) < 4.78 is 1.96. The second kappa shape index (κ2) is 8.74. The van der Waals surface area contributed by atoms with Crippen LogP contribution in [0.1, 0.15) is 38.8 Å². The van der Waals surface area contributed by atoms with E-state index in [1.165, 1.54) is 19.3 Å². The highest BCUT2D eigenvalue weighted by Crippen LogP contribution is 1.96. The molecule has 0 bridgehead atoms. The van der Waals surface area contributed by atoms with Gasteiger partial charge in [0.05, 0.1) is 5.69 Å². The number of nitrogens with one attached hydrogen (secondary N) is 1. The van der Waals surface area contributed by atoms with Gasteiger partial charge in [-0.1, -0.05) is 19.8 Å². The maximum atomic E-state index is 4.40. The summed E-state index contributed by atoms with van der Waals surface area (Å²) in [6.45, 7) is 7.29. The minimum Gasteiger partial charge on any atom is -0.311 e. The lowest BCUT2D eigenvalue weighted by molar-refractivity contribution is 0.592. The zero-order valence-corrected chi connectivity index (χ0v) is 10.5. The van der Waals surface area contributed by atoms with Crippen LogP contribution in [0, 0.1) is 0 Å². The molecule has 1 rings (SSSR count). The number of unbranched alkanes of at least 4 members (excludes halogenated alkanes) is 2. The van der Waals surface area contributed by atoms with Crippen molar-refractivity contribution < 1.29 is 0 Å². The van der Waals surface area contributed by atoms with Crippen LogP contribution in [-0.4, -0.2) is 16.3 Å². The molecule has 0 unspecified atom stereocenters. The number of hydrogen-bond acceptors (Lipinski definition) is 2. The van der Waals surface area contributed by atoms with Crippen molar-refractivity contribution in [3.05, 3.63) is 18.0 Å². The molecule has 0 aliphatic heterocycles. The molecule has 0 aliphatic rings. The number of halogens is 1. The average Bonchev–Trinajstić information content (AvgIpc) is 2.65. The summed E-state index contributed by atoms with van der Waals surface area (Å²) in [6, 6.07) is 2.08. The summed E-state index contributed by atoms with van der Waals surface area (Å²) in [5.41, 5.74) is 1.14. The third kappa shape index (κ3) is 5.80. The van der Waals surface area contributed by atoms with E-state index in [0.717, 1.165) is 25.3 Å². The minimum absolute atomic E-state index is 0. The molecule has 0 saturated heterocycles. The zero-order chi connectivity index (χ0) is 10.2. The Kier molecular flexibility index (Phi) is 8.43. The van der Waals surface area contributed by atoms with E-state index < -0.39 is 0 Å². The largest absolute Gasteiger partial charge is 0.311 e. The van der Waals surface area contributed by atoms with Crippen LogP contribution in [0.5, 0.6) is 0 Å². The molecular formula is C11H22ClN3. The molecule has 0 fully saturated rings. The maximum absolute atomic E-state index is 4.40. The average molecular weight is 232 g/mol. The fourth-order valence-electron chi connectivity index (χ4n) is 1.39. The summed E-state index contributed by atoms with van der Waals surface area (Å²) in [4.78, 5) is 0. The first kappa shape index (κ1) is 14.5. The van der Waals surface area contributed by atoms with Gasteiger partial charge in [-0.25, -0.2) is 0 Å². The van der Waals surface area contributed by atoms with Crippen molar-refractivity contribution in [2.75, 3.05) is 6.54 Å². The molecule has 0 radical (unpaired) electrons. The number of aryl methyl sites for hydroxylation is 1. The Hall–Kier alpha value is -0.540. The van der Waals surface area contributed by atoms with Gasteiger partial charge in [0.2, 0.25) is 0 Å². The van der Waals surface area contributed by atoms with Gasteiger partial charge in [0.15, 0.2) is 0 Å². The highest BCUT2D eigenvalue weighted by atomic mass is 35.5. The molecule has 0 aromatic carbocycles. The molecular weight excluding hydrogens is 210 g/mol. The predicted octanol–water partition coefficient (Wildman–Crippen LogP) is 2.60. The standard InChI is InChI=1S/C11H21N3.ClH/c1-3-5-6-8-12-10-11-7-9-14(4-2)13-11;/h7,9,12H,3-6,8,10H2,1-2H3;1H. The van der Waals surface area contributed by atoms with Crippen molar-refractivity contribution >= 4 is 12.4 Å². The number of rotatable bonds is 7. The van der Waals surface area contributed by atoms with Crippen LogP contribution in [0.3, 0.4) is 0 Å². The van der Waals surface area contributed by atoms with E-state index in [9.17, 15) is 0 Å². The highest BCUT2D eigenvalue weighted by molar-refractivity contribution is 5.85. The molecule has 0 saturated carbocycles. The first-order valence-corrected chi connectivity index (χ1v) is 5.59. The Morgan fingerprint density at radius 2 is 2.13 bits per heavy atom. The number of aromatic nitrogens is 2. The van der Waals surface area contributed by atoms with Crippen molar-refractivity contribution in [2.45, 2.75) is 46.2 Å². The normalized spacial score (nSPS) is 10.0. The first-order valence-electron chi connectivity index (χ1n) is 5.59. The molecule has 0 aliphatic carbocycles. The molecule has 0 amide bonds. The number of nitrogens with zero attached hydrogens (tertiary/aromatic N) is 2. The smallest absolute Gasteiger partial charge is 0.0762 e. The minimum atomic E-state index is 0. The van der Waals surface area contributed by atoms with Gasteiger partial charge in [0.1, 0.15) is 0 Å². The lowest BCUT2D eigenvalue weighted by Crippen LogP contribution is -2.15. The molecule has 4 heteroatoms. The van der Waals surface area contributed by atoms with E-state index in [4.69, 9.17) is 0 Å². The number of hydrogen-bond donors (Lipinski definition) is 1. The fourth-order valence-corrected chi connectivity index (χ4v) is 1.39. The Balaban J connectivity index is 0.00000196. The molecule has 1 aromatic rings. The van der Waals surface area contributed by atoms with Crippen LogP contribution in [0.15, 0.2) is 12.3 Å². The van der Waals surface area contributed by atoms with Gasteiger partial charge in [0.25, 0.3) is 0 Å². The van der Waals surface area contributed by atoms with E-state index in [2.05, 4.69) is 30.3 Å². The SMILES string of the molecule is CCCCCNCc1ccn(CC)n1.Cl. The van der Waals surface area contributed by atoms with Gasteiger partial charge in [0, 0.05) is 19.3 Å². The quantitative estimate of drug-likeness (QED) is 0.732. The van der Waals surface area contributed by atoms with Gasteiger partial charge in [-0.05, 0) is 26.0 Å². The molecule has 88 valence electrons. The molecule has 1 heterocycles. The maximum Gasteiger partial charge on any atom is 0.0762 e. The van der Waals surface area contributed by atoms with Crippen LogP contribution in [-0.2, 0) is 13.1 Å². The van der Waals surface area contributed by atoms with Crippen molar-refractivity contribution in [1.82, 2.24) is 15.1 Å². The molecule has 3 nitrogen and oxygen atoms in total. The van der Waals surface area contributed by atoms with Crippen molar-refractivity contribution in [2.24, 2.45) is 0 Å². The van der Waals surface area contributed by atoms with Crippen LogP contribution in [0.25, 0.3) is 0 Å². The van der Waals surface area contributed by atoms with E-state index >= 15 is 0 Å². The van der Waals surface area contributed by atoms with Crippen LogP contribution < -0.4 is 5.32 Å². The highest BCUT2D eigenvalue weighted by Gasteiger charge is 1.96. The Labute approximate surface area is 98.7 Å². The second-order valence-electron chi connectivity index (χ2n) is 3.55. The third-order valence-electron chi connectivity index (χ3n) is 2.28. The zero-order valence-electron chi connectivity index (χ0n) is 9.70. The Morgan fingerprint density at radius 3 is 2.73 bits per heavy atom. The first-order chi connectivity index (χ1) is 6.86. The van der Waals surface area contributed by atoms with Gasteiger partial charge in [-0.2, -0.15) is 5.10 Å². The van der Waals surface area contributed by atoms with Gasteiger partial charge >= 0.3 is 0 Å². The lowest BCUT2D eigenvalue weighted by Gasteiger charge is -2.01. The molecule has 1 N–H and O–H groups in total. The third-order valence-corrected chi connectivity index (χ3v) is 2.28. The topological polar surface area (TPSA) is 29.9 Å². The summed E-state index contributed by atoms with van der Waals surface area (Å²) >= 11 is 0. The van der Waals surface area contributed by atoms with Crippen molar-refractivity contribution in [3.63, 3.8) is 0 Å². The van der Waals surface area contributed by atoms with Crippen LogP contribution in [0.2, 0.25) is 0 Å². The van der Waals surface area contributed by atoms with Crippen molar-refractivity contribution in [1.29, 1.82) is 0 Å². The van der Waals surface area contributed by atoms with Gasteiger partial charge < -0.3 is 5.32 Å². The van der Waals surface area contributed by atoms with Gasteiger partial charge in [-0.3, -0.25) is 4.68 Å². The summed E-state index contributed by atoms with van der Waals surface area (Å²) in [6.07, 6.45) is 5.90. The van der Waals surface area contributed by atoms with E-state index in [1.807, 2.05) is 10.9 Å². The summed E-state index contributed by atoms with van der Waals surface area (Å²) in [5.74, 6) is 0. The summed E-state index contributed by atoms with van der Waals surface area (Å²) in [7, 11) is 0. The summed E-state index contributed by atoms with van der Waals surface area (Å²) in [5, 5.41) is 7.80. The lowest BCUT2D eigenvalue weighted by atomic mass is 10.2. The predicted molar refractivity (Wildman–Crippen MR) is 66.4 cm³/mol. The Bertz CT molecular complexity index is 248. The van der Waals surface area contributed by atoms with Gasteiger partial charge in [-0.15, -0.1) is 12.4 Å². The Morgan fingerprint density at radius 1 is 1.33 bits per heavy atom. The molecule has 0 spiro atoms. The molecule has 15 heavy (non-hydrogen) atoms. The van der Waals surface area contributed by atoms with E-state index in [0.29, 0.717) is 0 Å². The monoisotopic (exact) mass is 231 g/mol. The van der Waals surface area contributed by atoms with Crippen LogP contribution in [0.4, 0.5) is 0 Å².